The van der Waals surface area contributed by atoms with E-state index in [9.17, 15) is 36.3 Å². The average molecular weight is 709 g/mol. The molecule has 46 heavy (non-hydrogen) atoms. The van der Waals surface area contributed by atoms with Crippen molar-refractivity contribution in [3.8, 4) is 0 Å². The van der Waals surface area contributed by atoms with Gasteiger partial charge in [0.15, 0.2) is 11.6 Å². The lowest BCUT2D eigenvalue weighted by Gasteiger charge is -2.15. The number of benzene rings is 3. The molecule has 1 aliphatic rings. The fourth-order valence-electron chi connectivity index (χ4n) is 5.20. The van der Waals surface area contributed by atoms with Crippen LogP contribution in [0.4, 0.5) is 32.0 Å². The van der Waals surface area contributed by atoms with Crippen LogP contribution in [0.3, 0.4) is 0 Å². The van der Waals surface area contributed by atoms with Crippen LogP contribution in [0.1, 0.15) is 58.8 Å². The zero-order valence-corrected chi connectivity index (χ0v) is 26.5. The highest BCUT2D eigenvalue weighted by molar-refractivity contribution is 6.53. The van der Waals surface area contributed by atoms with Gasteiger partial charge in [0.2, 0.25) is 5.91 Å². The van der Waals surface area contributed by atoms with Crippen LogP contribution in [0.15, 0.2) is 48.5 Å². The standard InChI is InChI=1S/C32H26Cl3F6NO4/c1-3-26(46-4-2)25(44)14-19-22(36)9-6-16(29(19)38)12-24(43)18-13-17(7-8-21(18)33)42-30(45)28-27(31(28,34)35)15-5-10-23(37)20(11-15)32(39,40)41/h5-11,13,26-28H,3-4,12,14H2,1-2H3,(H,42,45)/t26?,27-,28+/m0/s1. The van der Waals surface area contributed by atoms with E-state index in [0.717, 1.165) is 18.2 Å². The van der Waals surface area contributed by atoms with Gasteiger partial charge in [-0.2, -0.15) is 13.2 Å². The van der Waals surface area contributed by atoms with Gasteiger partial charge in [-0.1, -0.05) is 30.7 Å². The van der Waals surface area contributed by atoms with Crippen LogP contribution in [0, 0.1) is 23.4 Å². The van der Waals surface area contributed by atoms with Crippen LogP contribution in [-0.4, -0.2) is 34.5 Å². The molecule has 1 aliphatic carbocycles. The highest BCUT2D eigenvalue weighted by Crippen LogP contribution is 2.65. The van der Waals surface area contributed by atoms with E-state index < -0.39 is 87.3 Å². The first kappa shape index (κ1) is 35.7. The molecule has 14 heteroatoms. The van der Waals surface area contributed by atoms with E-state index in [0.29, 0.717) is 18.6 Å². The number of hydrogen-bond acceptors (Lipinski definition) is 4. The third kappa shape index (κ3) is 7.54. The van der Waals surface area contributed by atoms with Crippen molar-refractivity contribution in [3.63, 3.8) is 0 Å². The van der Waals surface area contributed by atoms with Gasteiger partial charge in [-0.15, -0.1) is 23.2 Å². The van der Waals surface area contributed by atoms with Gasteiger partial charge in [0.1, 0.15) is 27.9 Å². The summed E-state index contributed by atoms with van der Waals surface area (Å²) in [4.78, 5) is 38.8. The van der Waals surface area contributed by atoms with E-state index >= 15 is 4.39 Å². The quantitative estimate of drug-likeness (QED) is 0.116. The van der Waals surface area contributed by atoms with Crippen molar-refractivity contribution in [2.75, 3.05) is 11.9 Å². The summed E-state index contributed by atoms with van der Waals surface area (Å²) in [6.45, 7) is 3.62. The molecule has 1 saturated carbocycles. The van der Waals surface area contributed by atoms with Crippen LogP contribution < -0.4 is 5.32 Å². The monoisotopic (exact) mass is 707 g/mol. The summed E-state index contributed by atoms with van der Waals surface area (Å²) in [5.74, 6) is -7.89. The predicted molar refractivity (Wildman–Crippen MR) is 161 cm³/mol. The first-order valence-electron chi connectivity index (χ1n) is 14.0. The Labute approximate surface area is 275 Å². The van der Waals surface area contributed by atoms with Crippen LogP contribution in [0.25, 0.3) is 0 Å². The average Bonchev–Trinajstić information content (AvgIpc) is 3.57. The lowest BCUT2D eigenvalue weighted by Crippen LogP contribution is -2.26. The zero-order valence-electron chi connectivity index (χ0n) is 24.2. The van der Waals surface area contributed by atoms with E-state index in [-0.39, 0.29) is 34.0 Å². The van der Waals surface area contributed by atoms with E-state index in [1.165, 1.54) is 18.2 Å². The van der Waals surface area contributed by atoms with Crippen molar-refractivity contribution in [2.24, 2.45) is 5.92 Å². The largest absolute Gasteiger partial charge is 0.419 e. The Hall–Kier alpha value is -3.12. The van der Waals surface area contributed by atoms with Gasteiger partial charge >= 0.3 is 6.18 Å². The van der Waals surface area contributed by atoms with Gasteiger partial charge in [-0.25, -0.2) is 13.2 Å². The van der Waals surface area contributed by atoms with Gasteiger partial charge in [-0.3, -0.25) is 14.4 Å². The second-order valence-corrected chi connectivity index (χ2v) is 12.5. The minimum absolute atomic E-state index is 0.0371. The van der Waals surface area contributed by atoms with Crippen molar-refractivity contribution in [1.29, 1.82) is 0 Å². The summed E-state index contributed by atoms with van der Waals surface area (Å²) in [5.41, 5.74) is -2.43. The molecule has 246 valence electrons. The fourth-order valence-corrected chi connectivity index (χ4v) is 6.25. The molecule has 5 nitrogen and oxygen atoms in total. The van der Waals surface area contributed by atoms with Crippen molar-refractivity contribution in [2.45, 2.75) is 55.6 Å². The molecule has 0 saturated heterocycles. The fraction of sp³-hybridized carbons (Fsp3) is 0.344. The maximum atomic E-state index is 15.3. The Balaban J connectivity index is 1.51. The number of alkyl halides is 5. The Morgan fingerprint density at radius 2 is 1.63 bits per heavy atom. The number of ketones is 2. The third-order valence-electron chi connectivity index (χ3n) is 7.59. The van der Waals surface area contributed by atoms with Crippen LogP contribution in [0.2, 0.25) is 5.02 Å². The number of halogens is 9. The van der Waals surface area contributed by atoms with Gasteiger partial charge < -0.3 is 10.1 Å². The SMILES string of the molecule is CCOC(CC)C(=O)Cc1c(F)ccc(CC(=O)c2cc(NC(=O)[C@H]3[C@H](c4ccc(F)c(C(F)(F)F)c4)C3(Cl)Cl)ccc2Cl)c1F. The highest BCUT2D eigenvalue weighted by Gasteiger charge is 2.67. The first-order chi connectivity index (χ1) is 21.5. The maximum Gasteiger partial charge on any atom is 0.419 e. The number of carbonyl (C=O) groups is 3. The lowest BCUT2D eigenvalue weighted by molar-refractivity contribution is -0.140. The Bertz CT molecular complexity index is 1680. The maximum absolute atomic E-state index is 15.3. The highest BCUT2D eigenvalue weighted by atomic mass is 35.5. The molecule has 3 atom stereocenters. The van der Waals surface area contributed by atoms with E-state index in [1.54, 1.807) is 13.8 Å². The normalized spacial score (nSPS) is 17.8. The molecule has 0 aromatic heterocycles. The van der Waals surface area contributed by atoms with Crippen LogP contribution >= 0.6 is 34.8 Å². The summed E-state index contributed by atoms with van der Waals surface area (Å²) < 4.78 is 86.8. The first-order valence-corrected chi connectivity index (χ1v) is 15.1. The Kier molecular flexibility index (Phi) is 10.8. The Morgan fingerprint density at radius 3 is 2.26 bits per heavy atom. The number of hydrogen-bond donors (Lipinski definition) is 1. The molecule has 0 bridgehead atoms. The molecular formula is C32H26Cl3F6NO4. The molecule has 3 aromatic carbocycles. The molecule has 0 heterocycles. The summed E-state index contributed by atoms with van der Waals surface area (Å²) in [5, 5.41) is 2.44. The van der Waals surface area contributed by atoms with E-state index in [2.05, 4.69) is 5.32 Å². The minimum atomic E-state index is -4.99. The van der Waals surface area contributed by atoms with Gasteiger partial charge in [-0.05, 0) is 60.9 Å². The van der Waals surface area contributed by atoms with Gasteiger partial charge in [0.05, 0.1) is 16.5 Å². The van der Waals surface area contributed by atoms with E-state index in [4.69, 9.17) is 39.5 Å². The third-order valence-corrected chi connectivity index (χ3v) is 8.86. The predicted octanol–water partition coefficient (Wildman–Crippen LogP) is 8.65. The summed E-state index contributed by atoms with van der Waals surface area (Å²) in [7, 11) is 0. The number of nitrogens with one attached hydrogen (secondary N) is 1. The van der Waals surface area contributed by atoms with Crippen molar-refractivity contribution < 1.29 is 45.5 Å². The summed E-state index contributed by atoms with van der Waals surface area (Å²) in [6, 6.07) is 8.04. The van der Waals surface area contributed by atoms with Crippen LogP contribution in [0.5, 0.6) is 0 Å². The molecular weight excluding hydrogens is 683 g/mol. The topological polar surface area (TPSA) is 72.5 Å². The number of ether oxygens (including phenoxy) is 1. The number of amides is 1. The lowest BCUT2D eigenvalue weighted by atomic mass is 9.96. The zero-order chi connectivity index (χ0) is 34.1. The van der Waals surface area contributed by atoms with Crippen molar-refractivity contribution in [3.05, 3.63) is 98.8 Å². The molecule has 4 rings (SSSR count). The molecule has 1 N–H and O–H groups in total. The molecule has 0 spiro atoms. The number of anilines is 1. The van der Waals surface area contributed by atoms with Crippen molar-refractivity contribution >= 4 is 58.0 Å². The van der Waals surface area contributed by atoms with Crippen LogP contribution in [-0.2, 0) is 33.3 Å². The number of Topliss-reactive ketones (excluding diaryl/α,β-unsaturated/α-hetero) is 2. The second kappa shape index (κ2) is 13.9. The molecule has 1 unspecified atom stereocenters. The Morgan fingerprint density at radius 1 is 0.957 bits per heavy atom. The molecule has 3 aromatic rings. The molecule has 1 fully saturated rings. The van der Waals surface area contributed by atoms with Gasteiger partial charge in [0.25, 0.3) is 0 Å². The number of carbonyl (C=O) groups excluding carboxylic acids is 3. The minimum Gasteiger partial charge on any atom is -0.371 e. The molecule has 0 aliphatic heterocycles. The van der Waals surface area contributed by atoms with Gasteiger partial charge in [0, 0.05) is 42.2 Å². The van der Waals surface area contributed by atoms with Crippen molar-refractivity contribution in [1.82, 2.24) is 0 Å². The number of rotatable bonds is 12. The van der Waals surface area contributed by atoms with E-state index in [1.807, 2.05) is 0 Å². The smallest absolute Gasteiger partial charge is 0.371 e. The molecule has 1 amide bonds. The summed E-state index contributed by atoms with van der Waals surface area (Å²) in [6.07, 6.45) is -6.68. The summed E-state index contributed by atoms with van der Waals surface area (Å²) >= 11 is 18.7. The molecule has 0 radical (unpaired) electrons. The second-order valence-electron chi connectivity index (χ2n) is 10.6.